The number of carboxylic acids is 1. The fraction of sp³-hybridized carbons (Fsp3) is 0.781. The second-order valence-electron chi connectivity index (χ2n) is 14.1. The lowest BCUT2D eigenvalue weighted by Gasteiger charge is -2.64. The minimum atomic E-state index is -0.903. The van der Waals surface area contributed by atoms with Crippen molar-refractivity contribution >= 4 is 17.7 Å². The Hall–Kier alpha value is -1.91. The van der Waals surface area contributed by atoms with Gasteiger partial charge in [0, 0.05) is 25.2 Å². The van der Waals surface area contributed by atoms with E-state index >= 15 is 0 Å². The quantitative estimate of drug-likeness (QED) is 0.289. The van der Waals surface area contributed by atoms with E-state index in [1.54, 1.807) is 12.5 Å². The highest BCUT2D eigenvalue weighted by molar-refractivity contribution is 5.84. The average Bonchev–Trinajstić information content (AvgIpc) is 3.07. The van der Waals surface area contributed by atoms with Gasteiger partial charge in [-0.15, -0.1) is 0 Å². The minimum Gasteiger partial charge on any atom is -0.481 e. The molecule has 0 amide bonds. The largest absolute Gasteiger partial charge is 0.481 e. The van der Waals surface area contributed by atoms with Crippen LogP contribution in [0, 0.1) is 45.3 Å². The Morgan fingerprint density at radius 2 is 1.68 bits per heavy atom. The maximum Gasteiger partial charge on any atom is 0.306 e. The van der Waals surface area contributed by atoms with Crippen LogP contribution in [0.4, 0.5) is 0 Å². The lowest BCUT2D eigenvalue weighted by atomic mass is 9.41. The molecule has 8 atom stereocenters. The van der Waals surface area contributed by atoms with E-state index in [0.717, 1.165) is 38.5 Å². The minimum absolute atomic E-state index is 0.00688. The van der Waals surface area contributed by atoms with Gasteiger partial charge in [-0.3, -0.25) is 14.4 Å². The molecule has 0 aliphatic heterocycles. The van der Waals surface area contributed by atoms with E-state index < -0.39 is 11.9 Å². The summed E-state index contributed by atoms with van der Waals surface area (Å²) in [5.41, 5.74) is 3.20. The second-order valence-corrected chi connectivity index (χ2v) is 14.1. The van der Waals surface area contributed by atoms with Gasteiger partial charge >= 0.3 is 11.9 Å². The Morgan fingerprint density at radius 1 is 1.00 bits per heavy atom. The maximum atomic E-state index is 12.7. The summed E-state index contributed by atoms with van der Waals surface area (Å²) in [4.78, 5) is 35.8. The first-order valence-corrected chi connectivity index (χ1v) is 14.4. The number of hydrogen-bond acceptors (Lipinski definition) is 4. The zero-order valence-corrected chi connectivity index (χ0v) is 24.3. The molecular weight excluding hydrogens is 464 g/mol. The molecule has 4 aliphatic carbocycles. The molecule has 2 saturated carbocycles. The number of rotatable bonds is 7. The number of carbonyl (C=O) groups excluding carboxylic acids is 2. The van der Waals surface area contributed by atoms with E-state index in [4.69, 9.17) is 4.74 Å². The third kappa shape index (κ3) is 4.33. The number of ether oxygens (including phenoxy) is 1. The summed E-state index contributed by atoms with van der Waals surface area (Å²) in [6, 6.07) is 0. The summed E-state index contributed by atoms with van der Waals surface area (Å²) in [7, 11) is 0. The van der Waals surface area contributed by atoms with Gasteiger partial charge in [0.05, 0.1) is 5.92 Å². The van der Waals surface area contributed by atoms with Crippen molar-refractivity contribution in [1.82, 2.24) is 0 Å². The molecule has 0 aromatic carbocycles. The van der Waals surface area contributed by atoms with Gasteiger partial charge in [-0.25, -0.2) is 0 Å². The summed E-state index contributed by atoms with van der Waals surface area (Å²) >= 11 is 0. The number of Topliss-reactive ketones (excluding diaryl/α,β-unsaturated/α-hetero) is 1. The lowest BCUT2D eigenvalue weighted by Crippen LogP contribution is -2.58. The molecule has 4 rings (SSSR count). The first-order chi connectivity index (χ1) is 17.1. The molecular formula is C32H48O5. The van der Waals surface area contributed by atoms with Crippen molar-refractivity contribution in [3.63, 3.8) is 0 Å². The lowest BCUT2D eigenvalue weighted by molar-refractivity contribution is -0.170. The van der Waals surface area contributed by atoms with Crippen LogP contribution in [-0.4, -0.2) is 28.9 Å². The average molecular weight is 513 g/mol. The van der Waals surface area contributed by atoms with Crippen molar-refractivity contribution < 1.29 is 24.2 Å². The normalized spacial score (nSPS) is 39.7. The van der Waals surface area contributed by atoms with Crippen LogP contribution in [0.5, 0.6) is 0 Å². The first-order valence-electron chi connectivity index (χ1n) is 14.4. The van der Waals surface area contributed by atoms with Crippen LogP contribution in [0.1, 0.15) is 107 Å². The number of aliphatic carboxylic acids is 1. The summed E-state index contributed by atoms with van der Waals surface area (Å²) in [6.45, 7) is 17.3. The van der Waals surface area contributed by atoms with Gasteiger partial charge in [0.1, 0.15) is 11.9 Å². The molecule has 0 radical (unpaired) electrons. The topological polar surface area (TPSA) is 80.7 Å². The number of hydrogen-bond donors (Lipinski definition) is 1. The molecule has 0 bridgehead atoms. The van der Waals surface area contributed by atoms with Crippen LogP contribution in [-0.2, 0) is 19.1 Å². The Labute approximate surface area is 223 Å². The molecule has 0 saturated heterocycles. The van der Waals surface area contributed by atoms with Crippen LogP contribution in [0.2, 0.25) is 0 Å². The molecule has 0 aromatic rings. The molecule has 0 aromatic heterocycles. The molecule has 37 heavy (non-hydrogen) atoms. The first kappa shape index (κ1) is 28.1. The highest BCUT2D eigenvalue weighted by atomic mass is 16.5. The van der Waals surface area contributed by atoms with E-state index in [-0.39, 0.29) is 51.9 Å². The highest BCUT2D eigenvalue weighted by Crippen LogP contribution is 2.71. The van der Waals surface area contributed by atoms with Crippen molar-refractivity contribution in [1.29, 1.82) is 0 Å². The summed E-state index contributed by atoms with van der Waals surface area (Å²) < 4.78 is 5.82. The smallest absolute Gasteiger partial charge is 0.306 e. The van der Waals surface area contributed by atoms with Crippen molar-refractivity contribution in [3.05, 3.63) is 23.3 Å². The van der Waals surface area contributed by atoms with E-state index in [2.05, 4.69) is 53.7 Å². The van der Waals surface area contributed by atoms with Crippen LogP contribution >= 0.6 is 0 Å². The molecule has 1 N–H and O–H groups in total. The van der Waals surface area contributed by atoms with E-state index in [9.17, 15) is 19.5 Å². The van der Waals surface area contributed by atoms with Crippen molar-refractivity contribution in [2.24, 2.45) is 45.3 Å². The predicted molar refractivity (Wildman–Crippen MR) is 145 cm³/mol. The highest BCUT2D eigenvalue weighted by Gasteiger charge is 2.64. The molecule has 2 fully saturated rings. The number of esters is 1. The predicted octanol–water partition coefficient (Wildman–Crippen LogP) is 7.15. The van der Waals surface area contributed by atoms with Gasteiger partial charge in [-0.1, -0.05) is 71.8 Å². The van der Waals surface area contributed by atoms with Crippen molar-refractivity contribution in [2.45, 2.75) is 113 Å². The summed E-state index contributed by atoms with van der Waals surface area (Å²) in [6.07, 6.45) is 11.8. The summed E-state index contributed by atoms with van der Waals surface area (Å²) in [5, 5.41) is 9.21. The Morgan fingerprint density at radius 3 is 2.30 bits per heavy atom. The summed E-state index contributed by atoms with van der Waals surface area (Å²) in [5.74, 6) is -0.542. The SMILES string of the molecule is CC(=O)O[C@@H]1CC[C@]2(C)C3=CC[C@]4(C)C([C@H](C)CC(=O)C[C@H](C)C(=O)O)=CC[C@@]4(C)[C@@H]3CC[C@H]2C1(C)C. The van der Waals surface area contributed by atoms with Crippen LogP contribution in [0.25, 0.3) is 0 Å². The van der Waals surface area contributed by atoms with Crippen LogP contribution in [0.15, 0.2) is 23.3 Å². The van der Waals surface area contributed by atoms with E-state index in [1.807, 2.05) is 0 Å². The van der Waals surface area contributed by atoms with Gasteiger partial charge in [-0.2, -0.15) is 0 Å². The number of fused-ring (bicyclic) bond motifs is 5. The molecule has 0 heterocycles. The van der Waals surface area contributed by atoms with Crippen molar-refractivity contribution in [2.75, 3.05) is 0 Å². The van der Waals surface area contributed by atoms with Gasteiger partial charge in [0.15, 0.2) is 0 Å². The Balaban J connectivity index is 1.58. The third-order valence-corrected chi connectivity index (χ3v) is 11.7. The monoisotopic (exact) mass is 512 g/mol. The molecule has 0 unspecified atom stereocenters. The number of allylic oxidation sites excluding steroid dienone is 4. The molecule has 4 aliphatic rings. The zero-order valence-electron chi connectivity index (χ0n) is 24.3. The Kier molecular flexibility index (Phi) is 7.12. The Bertz CT molecular complexity index is 1040. The fourth-order valence-corrected chi connectivity index (χ4v) is 9.40. The number of ketones is 1. The van der Waals surface area contributed by atoms with Gasteiger partial charge in [0.25, 0.3) is 0 Å². The molecule has 206 valence electrons. The number of carboxylic acid groups (broad SMARTS) is 1. The van der Waals surface area contributed by atoms with Crippen LogP contribution in [0.3, 0.4) is 0 Å². The fourth-order valence-electron chi connectivity index (χ4n) is 9.40. The zero-order chi connectivity index (χ0) is 27.6. The van der Waals surface area contributed by atoms with Crippen LogP contribution < -0.4 is 0 Å². The van der Waals surface area contributed by atoms with Gasteiger partial charge in [0.2, 0.25) is 0 Å². The van der Waals surface area contributed by atoms with Gasteiger partial charge in [-0.05, 0) is 72.5 Å². The number of carbonyl (C=O) groups is 3. The molecule has 5 nitrogen and oxygen atoms in total. The maximum absolute atomic E-state index is 12.7. The van der Waals surface area contributed by atoms with E-state index in [0.29, 0.717) is 18.3 Å². The van der Waals surface area contributed by atoms with Gasteiger partial charge < -0.3 is 9.84 Å². The van der Waals surface area contributed by atoms with Crippen molar-refractivity contribution in [3.8, 4) is 0 Å². The standard InChI is InChI=1S/C32H48O5/c1-19(17-22(34)18-20(2)28(35)36)23-11-15-32(8)25-9-10-26-29(4,5)27(37-21(3)33)13-14-30(26,6)24(25)12-16-31(23,32)7/h11-12,19-20,25-27H,9-10,13-18H2,1-8H3,(H,35,36)/t19-,20+,25-,26+,27-,30-,31-,32+/m1/s1. The molecule has 0 spiro atoms. The second kappa shape index (κ2) is 9.38. The third-order valence-electron chi connectivity index (χ3n) is 11.7. The van der Waals surface area contributed by atoms with E-state index in [1.165, 1.54) is 12.5 Å². The molecule has 5 heteroatoms.